The molecular weight excluding hydrogens is 407 g/mol. The van der Waals surface area contributed by atoms with Crippen LogP contribution in [0.3, 0.4) is 0 Å². The van der Waals surface area contributed by atoms with Gasteiger partial charge in [0.1, 0.15) is 0 Å². The van der Waals surface area contributed by atoms with Crippen LogP contribution in [0.15, 0.2) is 109 Å². The Labute approximate surface area is 184 Å². The maximum absolute atomic E-state index is 8.13. The normalized spacial score (nSPS) is 12.7. The Morgan fingerprint density at radius 3 is 1.47 bits per heavy atom. The summed E-state index contributed by atoms with van der Waals surface area (Å²) in [5, 5.41) is 3.53. The number of benzene rings is 4. The van der Waals surface area contributed by atoms with Crippen LogP contribution in [0, 0.1) is 6.92 Å². The Morgan fingerprint density at radius 1 is 0.667 bits per heavy atom. The van der Waals surface area contributed by atoms with Crippen LogP contribution in [0.1, 0.15) is 11.1 Å². The van der Waals surface area contributed by atoms with Crippen molar-refractivity contribution in [2.75, 3.05) is 7.11 Å². The molecule has 0 aliphatic rings. The molecule has 0 aliphatic carbocycles. The van der Waals surface area contributed by atoms with Crippen molar-refractivity contribution >= 4 is 33.1 Å². The summed E-state index contributed by atoms with van der Waals surface area (Å²) in [6, 6.07) is 38.2. The van der Waals surface area contributed by atoms with Gasteiger partial charge in [-0.1, -0.05) is 0 Å². The van der Waals surface area contributed by atoms with Crippen LogP contribution in [-0.2, 0) is 6.16 Å². The van der Waals surface area contributed by atoms with Gasteiger partial charge in [0.15, 0.2) is 0 Å². The summed E-state index contributed by atoms with van der Waals surface area (Å²) in [4.78, 5) is 0. The first-order chi connectivity index (χ1) is 14.6. The topological polar surface area (TPSA) is 9.23 Å². The number of aryl methyl sites for hydroxylation is 1. The fraction of sp³-hybridized carbons (Fsp3) is 0.111. The van der Waals surface area contributed by atoms with E-state index >= 15 is 0 Å². The molecule has 30 heavy (non-hydrogen) atoms. The van der Waals surface area contributed by atoms with Gasteiger partial charge in [-0.25, -0.2) is 0 Å². The number of hydrogen-bond donors (Lipinski definition) is 0. The average molecular weight is 433 g/mol. The number of halogens is 1. The molecule has 1 nitrogen and oxygen atoms in total. The molecule has 0 saturated heterocycles. The molecule has 3 heteroatoms. The van der Waals surface area contributed by atoms with Crippen LogP contribution in [0.25, 0.3) is 0 Å². The van der Waals surface area contributed by atoms with Crippen LogP contribution < -0.4 is 20.7 Å². The molecule has 0 radical (unpaired) electrons. The van der Waals surface area contributed by atoms with Crippen LogP contribution >= 0.6 is 17.2 Å². The molecular formula is C27H26ClOP. The maximum atomic E-state index is 8.13. The van der Waals surface area contributed by atoms with Gasteiger partial charge < -0.3 is 0 Å². The van der Waals surface area contributed by atoms with Crippen LogP contribution in [0.4, 0.5) is 0 Å². The second-order valence-corrected chi connectivity index (χ2v) is 14.1. The summed E-state index contributed by atoms with van der Waals surface area (Å²) in [6.45, 7) is 2.08. The van der Waals surface area contributed by atoms with Crippen LogP contribution in [0.5, 0.6) is 5.75 Å². The summed E-state index contributed by atoms with van der Waals surface area (Å²) in [5.41, 5.74) is 2.32. The number of methoxy groups -OCH3 is 1. The van der Waals surface area contributed by atoms with Crippen LogP contribution in [-0.4, -0.2) is 7.11 Å². The van der Waals surface area contributed by atoms with E-state index in [0.29, 0.717) is 0 Å². The zero-order chi connectivity index (χ0) is 21.1. The van der Waals surface area contributed by atoms with Gasteiger partial charge in [-0.05, 0) is 0 Å². The molecule has 0 heterocycles. The van der Waals surface area contributed by atoms with Gasteiger partial charge >= 0.3 is 184 Å². The van der Waals surface area contributed by atoms with E-state index in [0.717, 1.165) is 17.5 Å². The van der Waals surface area contributed by atoms with Gasteiger partial charge in [-0.3, -0.25) is 0 Å². The zero-order valence-electron chi connectivity index (χ0n) is 17.3. The fourth-order valence-electron chi connectivity index (χ4n) is 4.32. The van der Waals surface area contributed by atoms with E-state index in [4.69, 9.17) is 16.0 Å². The third kappa shape index (κ3) is 3.43. The standard InChI is InChI=1S/C27H26ClOP/c1-22-20-23(18-19-27(22)29-2)21-30(28,24-12-6-3-7-13-24,25-14-8-4-9-15-25)26-16-10-5-11-17-26/h3-20H,21H2,1-2H3. The van der Waals surface area contributed by atoms with Gasteiger partial charge in [-0.2, -0.15) is 0 Å². The van der Waals surface area contributed by atoms with E-state index < -0.39 is 5.96 Å². The van der Waals surface area contributed by atoms with Crippen molar-refractivity contribution < 1.29 is 4.74 Å². The first kappa shape index (κ1) is 20.7. The fourth-order valence-corrected chi connectivity index (χ4v) is 10.5. The second kappa shape index (κ2) is 8.26. The number of hydrogen-bond acceptors (Lipinski definition) is 1. The Balaban J connectivity index is 2.05. The predicted octanol–water partition coefficient (Wildman–Crippen LogP) is 6.19. The summed E-state index contributed by atoms with van der Waals surface area (Å²) < 4.78 is 5.49. The van der Waals surface area contributed by atoms with Crippen molar-refractivity contribution in [1.82, 2.24) is 0 Å². The first-order valence-corrected chi connectivity index (χ1v) is 13.4. The molecule has 0 bridgehead atoms. The Kier molecular flexibility index (Phi) is 5.69. The minimum atomic E-state index is -3.30. The van der Waals surface area contributed by atoms with Gasteiger partial charge in [0.05, 0.1) is 0 Å². The molecule has 4 aromatic rings. The third-order valence-electron chi connectivity index (χ3n) is 5.82. The quantitative estimate of drug-likeness (QED) is 0.330. The van der Waals surface area contributed by atoms with Crippen molar-refractivity contribution in [2.45, 2.75) is 13.1 Å². The van der Waals surface area contributed by atoms with Crippen molar-refractivity contribution in [3.05, 3.63) is 120 Å². The van der Waals surface area contributed by atoms with Crippen molar-refractivity contribution in [3.63, 3.8) is 0 Å². The SMILES string of the molecule is COc1ccc(CP(Cl)(c2ccccc2)(c2ccccc2)c2ccccc2)cc1C. The molecule has 0 fully saturated rings. The average Bonchev–Trinajstić information content (AvgIpc) is 2.81. The Hall–Kier alpha value is -2.60. The van der Waals surface area contributed by atoms with E-state index in [1.807, 2.05) is 6.07 Å². The molecule has 0 saturated carbocycles. The van der Waals surface area contributed by atoms with Gasteiger partial charge in [-0.15, -0.1) is 0 Å². The van der Waals surface area contributed by atoms with Crippen molar-refractivity contribution in [2.24, 2.45) is 0 Å². The van der Waals surface area contributed by atoms with E-state index in [-0.39, 0.29) is 0 Å². The first-order valence-electron chi connectivity index (χ1n) is 10.1. The molecule has 4 aromatic carbocycles. The number of rotatable bonds is 6. The number of ether oxygens (including phenoxy) is 1. The summed E-state index contributed by atoms with van der Waals surface area (Å²) in [7, 11) is 1.71. The van der Waals surface area contributed by atoms with Gasteiger partial charge in [0.2, 0.25) is 0 Å². The van der Waals surface area contributed by atoms with Gasteiger partial charge in [0, 0.05) is 0 Å². The molecule has 0 unspecified atom stereocenters. The summed E-state index contributed by atoms with van der Waals surface area (Å²) in [5.74, 6) is -2.41. The molecule has 152 valence electrons. The molecule has 0 aromatic heterocycles. The molecule has 0 amide bonds. The molecule has 0 N–H and O–H groups in total. The minimum absolute atomic E-state index is 0.732. The van der Waals surface area contributed by atoms with Crippen molar-refractivity contribution in [3.8, 4) is 5.75 Å². The van der Waals surface area contributed by atoms with E-state index in [9.17, 15) is 0 Å². The van der Waals surface area contributed by atoms with Crippen molar-refractivity contribution in [1.29, 1.82) is 0 Å². The Morgan fingerprint density at radius 2 is 1.10 bits per heavy atom. The molecule has 0 spiro atoms. The second-order valence-electron chi connectivity index (χ2n) is 7.65. The van der Waals surface area contributed by atoms with E-state index in [2.05, 4.69) is 110 Å². The van der Waals surface area contributed by atoms with Gasteiger partial charge in [0.25, 0.3) is 0 Å². The summed E-state index contributed by atoms with van der Waals surface area (Å²) >= 11 is 8.13. The third-order valence-corrected chi connectivity index (χ3v) is 13.0. The van der Waals surface area contributed by atoms with E-state index in [1.165, 1.54) is 21.5 Å². The molecule has 0 aliphatic heterocycles. The van der Waals surface area contributed by atoms with E-state index in [1.54, 1.807) is 7.11 Å². The molecule has 0 atom stereocenters. The van der Waals surface area contributed by atoms with Crippen LogP contribution in [0.2, 0.25) is 0 Å². The molecule has 4 rings (SSSR count). The zero-order valence-corrected chi connectivity index (χ0v) is 19.0. The Bertz CT molecular complexity index is 1030. The monoisotopic (exact) mass is 432 g/mol. The summed E-state index contributed by atoms with van der Waals surface area (Å²) in [6.07, 6.45) is 0.732. The predicted molar refractivity (Wildman–Crippen MR) is 132 cm³/mol.